The summed E-state index contributed by atoms with van der Waals surface area (Å²) in [5.74, 6) is -2.51. The molecular formula is C14H10F2N2OS2. The van der Waals surface area contributed by atoms with Crippen LogP contribution in [0.5, 0.6) is 0 Å². The van der Waals surface area contributed by atoms with E-state index in [9.17, 15) is 13.6 Å². The van der Waals surface area contributed by atoms with E-state index in [1.165, 1.54) is 11.5 Å². The van der Waals surface area contributed by atoms with E-state index in [1.54, 1.807) is 29.7 Å². The lowest BCUT2D eigenvalue weighted by Gasteiger charge is -2.18. The molecule has 1 aliphatic carbocycles. The summed E-state index contributed by atoms with van der Waals surface area (Å²) in [7, 11) is 0. The molecule has 0 bridgehead atoms. The number of halogens is 2. The largest absolute Gasteiger partial charge is 0.289 e. The van der Waals surface area contributed by atoms with Crippen molar-refractivity contribution in [3.05, 3.63) is 46.0 Å². The van der Waals surface area contributed by atoms with E-state index in [0.29, 0.717) is 46.3 Å². The molecule has 0 atom stereocenters. The fraction of sp³-hybridized carbons (Fsp3) is 0.214. The van der Waals surface area contributed by atoms with Crippen LogP contribution in [0.2, 0.25) is 0 Å². The van der Waals surface area contributed by atoms with Crippen LogP contribution < -0.4 is 0 Å². The number of aromatic nitrogens is 2. The Morgan fingerprint density at radius 1 is 1.33 bits per heavy atom. The molecule has 1 aromatic carbocycles. The van der Waals surface area contributed by atoms with Crippen molar-refractivity contribution in [2.24, 2.45) is 0 Å². The zero-order valence-electron chi connectivity index (χ0n) is 10.8. The van der Waals surface area contributed by atoms with Gasteiger partial charge in [-0.1, -0.05) is 16.3 Å². The lowest BCUT2D eigenvalue weighted by Crippen LogP contribution is -2.14. The van der Waals surface area contributed by atoms with Crippen LogP contribution in [0.25, 0.3) is 6.08 Å². The molecule has 3 nitrogen and oxygen atoms in total. The fourth-order valence-electron chi connectivity index (χ4n) is 2.28. The Morgan fingerprint density at radius 3 is 2.90 bits per heavy atom. The third-order valence-corrected chi connectivity index (χ3v) is 4.43. The van der Waals surface area contributed by atoms with Crippen molar-refractivity contribution in [1.29, 1.82) is 0 Å². The molecule has 108 valence electrons. The predicted molar refractivity (Wildman–Crippen MR) is 78.8 cm³/mol. The van der Waals surface area contributed by atoms with E-state index >= 15 is 0 Å². The zero-order valence-corrected chi connectivity index (χ0v) is 12.4. The number of fused-ring (bicyclic) bond motifs is 1. The second kappa shape index (κ2) is 6.03. The van der Waals surface area contributed by atoms with Crippen LogP contribution in [0.4, 0.5) is 8.78 Å². The van der Waals surface area contributed by atoms with Gasteiger partial charge in [0, 0.05) is 21.4 Å². The molecule has 7 heteroatoms. The summed E-state index contributed by atoms with van der Waals surface area (Å²) in [6, 6.07) is 4.89. The first-order valence-electron chi connectivity index (χ1n) is 6.23. The first-order chi connectivity index (χ1) is 10.1. The van der Waals surface area contributed by atoms with Crippen LogP contribution in [0.3, 0.4) is 0 Å². The normalized spacial score (nSPS) is 16.5. The SMILES string of the molecule is O=C1C(=Cc2csnn2)CCc2cc(SC(F)F)ccc21. The molecule has 0 fully saturated rings. The van der Waals surface area contributed by atoms with Gasteiger partial charge < -0.3 is 0 Å². The summed E-state index contributed by atoms with van der Waals surface area (Å²) in [4.78, 5) is 12.9. The van der Waals surface area contributed by atoms with E-state index in [-0.39, 0.29) is 5.78 Å². The molecule has 0 saturated carbocycles. The van der Waals surface area contributed by atoms with Crippen LogP contribution in [-0.4, -0.2) is 21.1 Å². The number of alkyl halides is 2. The maximum absolute atomic E-state index is 12.4. The predicted octanol–water partition coefficient (Wildman–Crippen LogP) is 4.07. The summed E-state index contributed by atoms with van der Waals surface area (Å²) >= 11 is 1.73. The highest BCUT2D eigenvalue weighted by Crippen LogP contribution is 2.32. The molecule has 0 saturated heterocycles. The Labute approximate surface area is 128 Å². The zero-order chi connectivity index (χ0) is 14.8. The first-order valence-corrected chi connectivity index (χ1v) is 7.95. The molecule has 0 spiro atoms. The monoisotopic (exact) mass is 324 g/mol. The third kappa shape index (κ3) is 3.19. The van der Waals surface area contributed by atoms with Crippen LogP contribution >= 0.6 is 23.3 Å². The Kier molecular flexibility index (Phi) is 4.12. The molecular weight excluding hydrogens is 314 g/mol. The van der Waals surface area contributed by atoms with Crippen LogP contribution in [0, 0.1) is 0 Å². The molecule has 0 radical (unpaired) electrons. The molecule has 0 amide bonds. The average molecular weight is 324 g/mol. The number of nitrogens with zero attached hydrogens (tertiary/aromatic N) is 2. The van der Waals surface area contributed by atoms with Crippen molar-refractivity contribution < 1.29 is 13.6 Å². The Balaban J connectivity index is 1.89. The van der Waals surface area contributed by atoms with Crippen LogP contribution in [0.1, 0.15) is 28.0 Å². The van der Waals surface area contributed by atoms with E-state index in [2.05, 4.69) is 9.59 Å². The maximum Gasteiger partial charge on any atom is 0.288 e. The van der Waals surface area contributed by atoms with Gasteiger partial charge in [-0.15, -0.1) is 5.10 Å². The highest BCUT2D eigenvalue weighted by molar-refractivity contribution is 7.99. The van der Waals surface area contributed by atoms with Crippen molar-refractivity contribution >= 4 is 35.2 Å². The van der Waals surface area contributed by atoms with Gasteiger partial charge in [-0.25, -0.2) is 0 Å². The summed E-state index contributed by atoms with van der Waals surface area (Å²) in [5.41, 5.74) is 2.79. The summed E-state index contributed by atoms with van der Waals surface area (Å²) in [6.07, 6.45) is 3.00. The molecule has 0 aliphatic heterocycles. The minimum absolute atomic E-state index is 0.0575. The van der Waals surface area contributed by atoms with Crippen molar-refractivity contribution in [3.8, 4) is 0 Å². The van der Waals surface area contributed by atoms with Gasteiger partial charge in [-0.05, 0) is 54.2 Å². The van der Waals surface area contributed by atoms with Gasteiger partial charge in [0.2, 0.25) is 0 Å². The topological polar surface area (TPSA) is 42.9 Å². The maximum atomic E-state index is 12.4. The number of rotatable bonds is 3. The van der Waals surface area contributed by atoms with E-state index in [4.69, 9.17) is 0 Å². The lowest BCUT2D eigenvalue weighted by molar-refractivity contribution is 0.102. The minimum Gasteiger partial charge on any atom is -0.289 e. The lowest BCUT2D eigenvalue weighted by atomic mass is 9.86. The number of carbonyl (C=O) groups is 1. The van der Waals surface area contributed by atoms with Crippen molar-refractivity contribution in [3.63, 3.8) is 0 Å². The number of carbonyl (C=O) groups excluding carboxylic acids is 1. The van der Waals surface area contributed by atoms with E-state index in [1.807, 2.05) is 0 Å². The van der Waals surface area contributed by atoms with Crippen molar-refractivity contribution in [2.75, 3.05) is 0 Å². The van der Waals surface area contributed by atoms with Gasteiger partial charge in [0.25, 0.3) is 5.76 Å². The summed E-state index contributed by atoms with van der Waals surface area (Å²) < 4.78 is 28.5. The Morgan fingerprint density at radius 2 is 2.19 bits per heavy atom. The number of Topliss-reactive ketones (excluding diaryl/α,β-unsaturated/α-hetero) is 1. The van der Waals surface area contributed by atoms with Gasteiger partial charge in [0.15, 0.2) is 5.78 Å². The van der Waals surface area contributed by atoms with Gasteiger partial charge in [-0.2, -0.15) is 8.78 Å². The molecule has 2 aromatic rings. The van der Waals surface area contributed by atoms with E-state index in [0.717, 1.165) is 5.56 Å². The third-order valence-electron chi connectivity index (χ3n) is 3.20. The molecule has 1 aliphatic rings. The van der Waals surface area contributed by atoms with Gasteiger partial charge in [0.1, 0.15) is 0 Å². The number of thioether (sulfide) groups is 1. The van der Waals surface area contributed by atoms with Crippen LogP contribution in [-0.2, 0) is 6.42 Å². The average Bonchev–Trinajstić information content (AvgIpc) is 2.94. The summed E-state index contributed by atoms with van der Waals surface area (Å²) in [5, 5.41) is 5.68. The van der Waals surface area contributed by atoms with Gasteiger partial charge >= 0.3 is 0 Å². The molecule has 0 N–H and O–H groups in total. The first kappa shape index (κ1) is 14.3. The van der Waals surface area contributed by atoms with Gasteiger partial charge in [-0.3, -0.25) is 4.79 Å². The molecule has 0 unspecified atom stereocenters. The van der Waals surface area contributed by atoms with Crippen LogP contribution in [0.15, 0.2) is 34.0 Å². The molecule has 21 heavy (non-hydrogen) atoms. The Hall–Kier alpha value is -1.60. The number of hydrogen-bond acceptors (Lipinski definition) is 5. The number of allylic oxidation sites excluding steroid dienone is 1. The highest BCUT2D eigenvalue weighted by atomic mass is 32.2. The Bertz CT molecular complexity index is 699. The minimum atomic E-state index is -2.45. The number of hydrogen-bond donors (Lipinski definition) is 0. The number of ketones is 1. The van der Waals surface area contributed by atoms with E-state index < -0.39 is 5.76 Å². The van der Waals surface area contributed by atoms with Crippen molar-refractivity contribution in [2.45, 2.75) is 23.5 Å². The summed E-state index contributed by atoms with van der Waals surface area (Å²) in [6.45, 7) is 0. The molecule has 3 rings (SSSR count). The molecule has 1 heterocycles. The van der Waals surface area contributed by atoms with Crippen molar-refractivity contribution in [1.82, 2.24) is 9.59 Å². The number of benzene rings is 1. The highest BCUT2D eigenvalue weighted by Gasteiger charge is 2.22. The number of aryl methyl sites for hydroxylation is 1. The fourth-order valence-corrected chi connectivity index (χ4v) is 3.26. The second-order valence-corrected chi connectivity index (χ2v) is 6.20. The second-order valence-electron chi connectivity index (χ2n) is 4.53. The standard InChI is InChI=1S/C14H10F2N2OS2/c15-14(16)21-11-3-4-12-8(6-11)1-2-9(13(12)19)5-10-7-20-18-17-10/h3-7,14H,1-2H2. The molecule has 1 aromatic heterocycles. The van der Waals surface area contributed by atoms with Gasteiger partial charge in [0.05, 0.1) is 5.69 Å². The smallest absolute Gasteiger partial charge is 0.288 e. The quantitative estimate of drug-likeness (QED) is 0.630.